The van der Waals surface area contributed by atoms with Crippen LogP contribution in [-0.4, -0.2) is 42.3 Å². The molecule has 0 bridgehead atoms. The first-order valence-electron chi connectivity index (χ1n) is 8.36. The Hall–Kier alpha value is -3.45. The van der Waals surface area contributed by atoms with Crippen LogP contribution in [0.2, 0.25) is 0 Å². The van der Waals surface area contributed by atoms with Crippen molar-refractivity contribution >= 4 is 23.2 Å². The Bertz CT molecular complexity index is 901. The summed E-state index contributed by atoms with van der Waals surface area (Å²) >= 11 is 0. The van der Waals surface area contributed by atoms with E-state index < -0.39 is 0 Å². The maximum absolute atomic E-state index is 12.4. The van der Waals surface area contributed by atoms with Crippen LogP contribution in [0, 0.1) is 0 Å². The molecule has 0 aliphatic rings. The Morgan fingerprint density at radius 3 is 2.15 bits per heavy atom. The van der Waals surface area contributed by atoms with Crippen LogP contribution in [0.1, 0.15) is 10.4 Å². The third kappa shape index (κ3) is 5.02. The summed E-state index contributed by atoms with van der Waals surface area (Å²) in [6.07, 6.45) is 2.98. The highest BCUT2D eigenvalue weighted by molar-refractivity contribution is 6.04. The molecule has 3 rings (SSSR count). The number of oxazole rings is 1. The first-order valence-corrected chi connectivity index (χ1v) is 8.36. The van der Waals surface area contributed by atoms with Gasteiger partial charge in [-0.2, -0.15) is 0 Å². The third-order valence-corrected chi connectivity index (χ3v) is 3.75. The van der Waals surface area contributed by atoms with E-state index in [0.717, 1.165) is 5.56 Å². The average molecular weight is 364 g/mol. The van der Waals surface area contributed by atoms with Gasteiger partial charge >= 0.3 is 0 Å². The number of hydrogen-bond donors (Lipinski definition) is 2. The number of aromatic nitrogens is 1. The molecular formula is C20H20N4O3. The molecule has 2 N–H and O–H groups in total. The number of likely N-dealkylation sites (N-methyl/N-ethyl adjacent to an activating group) is 1. The van der Waals surface area contributed by atoms with Gasteiger partial charge in [0.25, 0.3) is 5.91 Å². The van der Waals surface area contributed by atoms with Gasteiger partial charge in [0.2, 0.25) is 5.91 Å². The summed E-state index contributed by atoms with van der Waals surface area (Å²) in [4.78, 5) is 29.8. The molecule has 1 aromatic heterocycles. The van der Waals surface area contributed by atoms with Crippen LogP contribution in [0.15, 0.2) is 65.5 Å². The van der Waals surface area contributed by atoms with Crippen molar-refractivity contribution in [2.45, 2.75) is 0 Å². The zero-order chi connectivity index (χ0) is 19.2. The van der Waals surface area contributed by atoms with E-state index in [2.05, 4.69) is 15.6 Å². The van der Waals surface area contributed by atoms with Crippen molar-refractivity contribution in [3.63, 3.8) is 0 Å². The smallest absolute Gasteiger partial charge is 0.255 e. The topological polar surface area (TPSA) is 87.5 Å². The molecule has 0 radical (unpaired) electrons. The summed E-state index contributed by atoms with van der Waals surface area (Å²) in [6, 6.07) is 14.0. The van der Waals surface area contributed by atoms with Gasteiger partial charge in [0, 0.05) is 22.5 Å². The number of nitrogens with zero attached hydrogens (tertiary/aromatic N) is 2. The second-order valence-corrected chi connectivity index (χ2v) is 6.26. The second-order valence-electron chi connectivity index (χ2n) is 6.26. The summed E-state index contributed by atoms with van der Waals surface area (Å²) in [5.41, 5.74) is 2.70. The summed E-state index contributed by atoms with van der Waals surface area (Å²) in [5, 5.41) is 5.63. The lowest BCUT2D eigenvalue weighted by Gasteiger charge is -2.11. The van der Waals surface area contributed by atoms with Crippen molar-refractivity contribution in [1.29, 1.82) is 0 Å². The molecule has 7 nitrogen and oxygen atoms in total. The number of anilines is 2. The predicted octanol–water partition coefficient (Wildman–Crippen LogP) is 3.09. The molecule has 0 fully saturated rings. The van der Waals surface area contributed by atoms with Gasteiger partial charge in [-0.1, -0.05) is 12.1 Å². The van der Waals surface area contributed by atoms with Gasteiger partial charge in [-0.15, -0.1) is 0 Å². The van der Waals surface area contributed by atoms with E-state index in [0.29, 0.717) is 29.2 Å². The molecule has 0 aliphatic carbocycles. The normalized spacial score (nSPS) is 10.6. The van der Waals surface area contributed by atoms with E-state index in [4.69, 9.17) is 4.42 Å². The maximum atomic E-state index is 12.4. The van der Waals surface area contributed by atoms with Crippen LogP contribution >= 0.6 is 0 Å². The minimum absolute atomic E-state index is 0.0939. The molecule has 2 aromatic carbocycles. The number of amides is 2. The van der Waals surface area contributed by atoms with Gasteiger partial charge in [-0.3, -0.25) is 9.59 Å². The predicted molar refractivity (Wildman–Crippen MR) is 104 cm³/mol. The van der Waals surface area contributed by atoms with Crippen LogP contribution < -0.4 is 10.6 Å². The van der Waals surface area contributed by atoms with Gasteiger partial charge in [0.05, 0.1) is 12.7 Å². The fourth-order valence-corrected chi connectivity index (χ4v) is 2.47. The van der Waals surface area contributed by atoms with Crippen molar-refractivity contribution in [1.82, 2.24) is 9.88 Å². The van der Waals surface area contributed by atoms with Crippen LogP contribution in [-0.2, 0) is 4.79 Å². The lowest BCUT2D eigenvalue weighted by Crippen LogP contribution is -2.27. The number of hydrogen-bond acceptors (Lipinski definition) is 5. The third-order valence-electron chi connectivity index (χ3n) is 3.75. The molecule has 0 aliphatic heterocycles. The van der Waals surface area contributed by atoms with E-state index in [1.807, 2.05) is 14.1 Å². The van der Waals surface area contributed by atoms with Crippen LogP contribution in [0.3, 0.4) is 0 Å². The number of benzene rings is 2. The standard InChI is InChI=1S/C20H20N4O3/c1-24(2)12-19(25)22-16-7-9-17(10-8-16)23-20(26)15-5-3-14(4-6-15)18-11-21-13-27-18/h3-11,13H,12H2,1-2H3,(H,22,25)(H,23,26). The summed E-state index contributed by atoms with van der Waals surface area (Å²) in [7, 11) is 3.66. The van der Waals surface area contributed by atoms with E-state index >= 15 is 0 Å². The number of rotatable bonds is 6. The molecule has 138 valence electrons. The fraction of sp³-hybridized carbons (Fsp3) is 0.150. The highest BCUT2D eigenvalue weighted by atomic mass is 16.3. The van der Waals surface area contributed by atoms with Gasteiger partial charge < -0.3 is 20.0 Å². The van der Waals surface area contributed by atoms with Gasteiger partial charge in [-0.05, 0) is 50.5 Å². The Morgan fingerprint density at radius 2 is 1.59 bits per heavy atom. The summed E-state index contributed by atoms with van der Waals surface area (Å²) in [5.74, 6) is 0.334. The molecule has 7 heteroatoms. The molecule has 2 amide bonds. The lowest BCUT2D eigenvalue weighted by atomic mass is 10.1. The first kappa shape index (κ1) is 18.3. The molecule has 27 heavy (non-hydrogen) atoms. The molecule has 0 unspecified atom stereocenters. The van der Waals surface area contributed by atoms with Crippen molar-refractivity contribution < 1.29 is 14.0 Å². The van der Waals surface area contributed by atoms with Crippen LogP contribution in [0.4, 0.5) is 11.4 Å². The van der Waals surface area contributed by atoms with Crippen molar-refractivity contribution in [2.75, 3.05) is 31.3 Å². The van der Waals surface area contributed by atoms with E-state index in [-0.39, 0.29) is 11.8 Å². The SMILES string of the molecule is CN(C)CC(=O)Nc1ccc(NC(=O)c2ccc(-c3cnco3)cc2)cc1. The van der Waals surface area contributed by atoms with Crippen LogP contribution in [0.25, 0.3) is 11.3 Å². The minimum atomic E-state index is -0.219. The summed E-state index contributed by atoms with van der Waals surface area (Å²) in [6.45, 7) is 0.308. The van der Waals surface area contributed by atoms with Crippen molar-refractivity contribution in [2.24, 2.45) is 0 Å². The molecule has 0 atom stereocenters. The average Bonchev–Trinajstić information content (AvgIpc) is 3.17. The highest BCUT2D eigenvalue weighted by Crippen LogP contribution is 2.20. The Kier molecular flexibility index (Phi) is 5.63. The molecule has 0 saturated carbocycles. The summed E-state index contributed by atoms with van der Waals surface area (Å²) < 4.78 is 5.23. The van der Waals surface area contributed by atoms with Crippen molar-refractivity contribution in [3.05, 3.63) is 66.7 Å². The fourth-order valence-electron chi connectivity index (χ4n) is 2.47. The van der Waals surface area contributed by atoms with E-state index in [1.54, 1.807) is 59.6 Å². The molecule has 1 heterocycles. The Morgan fingerprint density at radius 1 is 0.963 bits per heavy atom. The molecule has 0 saturated heterocycles. The van der Waals surface area contributed by atoms with Gasteiger partial charge in [0.1, 0.15) is 0 Å². The quantitative estimate of drug-likeness (QED) is 0.702. The van der Waals surface area contributed by atoms with Crippen LogP contribution in [0.5, 0.6) is 0 Å². The van der Waals surface area contributed by atoms with E-state index in [9.17, 15) is 9.59 Å². The first-order chi connectivity index (χ1) is 13.0. The molecule has 3 aromatic rings. The largest absolute Gasteiger partial charge is 0.444 e. The zero-order valence-electron chi connectivity index (χ0n) is 15.1. The lowest BCUT2D eigenvalue weighted by molar-refractivity contribution is -0.116. The monoisotopic (exact) mass is 364 g/mol. The maximum Gasteiger partial charge on any atom is 0.255 e. The number of nitrogens with one attached hydrogen (secondary N) is 2. The van der Waals surface area contributed by atoms with E-state index in [1.165, 1.54) is 6.39 Å². The Balaban J connectivity index is 1.60. The zero-order valence-corrected chi connectivity index (χ0v) is 15.1. The molecular weight excluding hydrogens is 344 g/mol. The second kappa shape index (κ2) is 8.29. The van der Waals surface area contributed by atoms with Gasteiger partial charge in [0.15, 0.2) is 12.2 Å². The van der Waals surface area contributed by atoms with Gasteiger partial charge in [-0.25, -0.2) is 4.98 Å². The Labute approximate surface area is 157 Å². The number of carbonyl (C=O) groups excluding carboxylic acids is 2. The minimum Gasteiger partial charge on any atom is -0.444 e. The highest BCUT2D eigenvalue weighted by Gasteiger charge is 2.08. The number of carbonyl (C=O) groups is 2. The van der Waals surface area contributed by atoms with Crippen molar-refractivity contribution in [3.8, 4) is 11.3 Å². The molecule has 0 spiro atoms.